The van der Waals surface area contributed by atoms with E-state index >= 15 is 0 Å². The second-order valence-electron chi connectivity index (χ2n) is 5.63. The summed E-state index contributed by atoms with van der Waals surface area (Å²) in [7, 11) is 2.01. The van der Waals surface area contributed by atoms with E-state index in [1.165, 1.54) is 22.3 Å². The van der Waals surface area contributed by atoms with Crippen molar-refractivity contribution < 1.29 is 0 Å². The topological polar surface area (TPSA) is 24.9 Å². The molecular formula is C18H24N2. The van der Waals surface area contributed by atoms with Crippen molar-refractivity contribution in [1.29, 1.82) is 0 Å². The zero-order valence-electron chi connectivity index (χ0n) is 13.1. The van der Waals surface area contributed by atoms with Gasteiger partial charge in [-0.15, -0.1) is 0 Å². The van der Waals surface area contributed by atoms with Gasteiger partial charge in [0.25, 0.3) is 0 Å². The fraction of sp³-hybridized carbons (Fsp3) is 0.389. The van der Waals surface area contributed by atoms with Crippen LogP contribution in [-0.4, -0.2) is 12.0 Å². The zero-order valence-corrected chi connectivity index (χ0v) is 13.1. The van der Waals surface area contributed by atoms with Crippen molar-refractivity contribution >= 4 is 0 Å². The first-order valence-corrected chi connectivity index (χ1v) is 7.19. The molecule has 0 fully saturated rings. The fourth-order valence-corrected chi connectivity index (χ4v) is 2.85. The molecule has 1 aromatic carbocycles. The third-order valence-corrected chi connectivity index (χ3v) is 3.86. The van der Waals surface area contributed by atoms with E-state index in [2.05, 4.69) is 55.3 Å². The molecule has 106 valence electrons. The molecule has 2 nitrogen and oxygen atoms in total. The minimum absolute atomic E-state index is 0.259. The summed E-state index contributed by atoms with van der Waals surface area (Å²) >= 11 is 0. The Hall–Kier alpha value is -1.67. The molecule has 0 saturated carbocycles. The second kappa shape index (κ2) is 6.19. The van der Waals surface area contributed by atoms with Gasteiger partial charge in [0.2, 0.25) is 0 Å². The zero-order chi connectivity index (χ0) is 14.7. The van der Waals surface area contributed by atoms with E-state index in [0.717, 1.165) is 17.8 Å². The SMILES string of the molecule is CNC(Cc1c(C)cc(C)cc1C)c1cccc(C)n1. The third-order valence-electron chi connectivity index (χ3n) is 3.86. The molecule has 1 atom stereocenters. The van der Waals surface area contributed by atoms with Crippen LogP contribution in [0.3, 0.4) is 0 Å². The summed E-state index contributed by atoms with van der Waals surface area (Å²) in [5, 5.41) is 3.40. The van der Waals surface area contributed by atoms with Crippen LogP contribution in [0.25, 0.3) is 0 Å². The first kappa shape index (κ1) is 14.7. The summed E-state index contributed by atoms with van der Waals surface area (Å²) < 4.78 is 0. The van der Waals surface area contributed by atoms with Gasteiger partial charge in [-0.05, 0) is 70.0 Å². The van der Waals surface area contributed by atoms with Crippen LogP contribution in [0.1, 0.15) is 39.7 Å². The Morgan fingerprint density at radius 2 is 1.70 bits per heavy atom. The van der Waals surface area contributed by atoms with Gasteiger partial charge in [0, 0.05) is 5.69 Å². The van der Waals surface area contributed by atoms with Crippen molar-refractivity contribution in [3.63, 3.8) is 0 Å². The van der Waals surface area contributed by atoms with Crippen LogP contribution in [-0.2, 0) is 6.42 Å². The molecule has 0 bridgehead atoms. The Morgan fingerprint density at radius 3 is 2.25 bits per heavy atom. The van der Waals surface area contributed by atoms with E-state index < -0.39 is 0 Å². The van der Waals surface area contributed by atoms with E-state index in [9.17, 15) is 0 Å². The number of nitrogens with one attached hydrogen (secondary N) is 1. The van der Waals surface area contributed by atoms with Gasteiger partial charge in [-0.3, -0.25) is 4.98 Å². The monoisotopic (exact) mass is 268 g/mol. The lowest BCUT2D eigenvalue weighted by atomic mass is 9.93. The maximum atomic E-state index is 4.65. The molecule has 1 unspecified atom stereocenters. The van der Waals surface area contributed by atoms with Crippen molar-refractivity contribution in [1.82, 2.24) is 10.3 Å². The van der Waals surface area contributed by atoms with Crippen LogP contribution in [0.4, 0.5) is 0 Å². The van der Waals surface area contributed by atoms with Gasteiger partial charge in [0.15, 0.2) is 0 Å². The summed E-state index contributed by atoms with van der Waals surface area (Å²) in [6, 6.07) is 11.0. The highest BCUT2D eigenvalue weighted by Crippen LogP contribution is 2.23. The minimum atomic E-state index is 0.259. The summed E-state index contributed by atoms with van der Waals surface area (Å²) in [6.45, 7) is 8.59. The lowest BCUT2D eigenvalue weighted by Crippen LogP contribution is -2.21. The molecule has 0 aliphatic rings. The standard InChI is InChI=1S/C18H24N2/c1-12-9-13(2)16(14(3)10-12)11-18(19-5)17-8-6-7-15(4)20-17/h6-10,18-19H,11H2,1-5H3. The normalized spacial score (nSPS) is 12.4. The minimum Gasteiger partial charge on any atom is -0.311 e. The molecule has 2 heteroatoms. The molecule has 1 aromatic heterocycles. The summed E-state index contributed by atoms with van der Waals surface area (Å²) in [6.07, 6.45) is 0.977. The lowest BCUT2D eigenvalue weighted by Gasteiger charge is -2.19. The number of pyridine rings is 1. The molecule has 0 aliphatic heterocycles. The number of hydrogen-bond acceptors (Lipinski definition) is 2. The number of likely N-dealkylation sites (N-methyl/N-ethyl adjacent to an activating group) is 1. The number of benzene rings is 1. The van der Waals surface area contributed by atoms with Crippen LogP contribution in [0, 0.1) is 27.7 Å². The fourth-order valence-electron chi connectivity index (χ4n) is 2.85. The molecule has 0 saturated heterocycles. The van der Waals surface area contributed by atoms with Crippen LogP contribution in [0.2, 0.25) is 0 Å². The number of hydrogen-bond donors (Lipinski definition) is 1. The van der Waals surface area contributed by atoms with Gasteiger partial charge in [0.05, 0.1) is 11.7 Å². The second-order valence-corrected chi connectivity index (χ2v) is 5.63. The van der Waals surface area contributed by atoms with E-state index in [1.54, 1.807) is 0 Å². The highest BCUT2D eigenvalue weighted by atomic mass is 14.9. The molecule has 20 heavy (non-hydrogen) atoms. The van der Waals surface area contributed by atoms with Crippen molar-refractivity contribution in [2.24, 2.45) is 0 Å². The third kappa shape index (κ3) is 3.26. The van der Waals surface area contributed by atoms with Crippen LogP contribution in [0.5, 0.6) is 0 Å². The van der Waals surface area contributed by atoms with Gasteiger partial charge in [0.1, 0.15) is 0 Å². The van der Waals surface area contributed by atoms with Crippen LogP contribution >= 0.6 is 0 Å². The van der Waals surface area contributed by atoms with Crippen LogP contribution in [0.15, 0.2) is 30.3 Å². The van der Waals surface area contributed by atoms with Gasteiger partial charge in [-0.2, -0.15) is 0 Å². The highest BCUT2D eigenvalue weighted by molar-refractivity contribution is 5.38. The largest absolute Gasteiger partial charge is 0.311 e. The quantitative estimate of drug-likeness (QED) is 0.912. The Bertz CT molecular complexity index is 579. The van der Waals surface area contributed by atoms with E-state index in [-0.39, 0.29) is 6.04 Å². The molecule has 0 amide bonds. The maximum absolute atomic E-state index is 4.65. The summed E-state index contributed by atoms with van der Waals surface area (Å²) in [4.78, 5) is 4.65. The molecule has 1 heterocycles. The van der Waals surface area contributed by atoms with Crippen LogP contribution < -0.4 is 5.32 Å². The summed E-state index contributed by atoms with van der Waals surface area (Å²) in [5.74, 6) is 0. The predicted molar refractivity (Wildman–Crippen MR) is 85.1 cm³/mol. The first-order valence-electron chi connectivity index (χ1n) is 7.19. The maximum Gasteiger partial charge on any atom is 0.0579 e. The Morgan fingerprint density at radius 1 is 1.05 bits per heavy atom. The van der Waals surface area contributed by atoms with E-state index in [0.29, 0.717) is 0 Å². The first-order chi connectivity index (χ1) is 9.51. The molecule has 0 spiro atoms. The number of aromatic nitrogens is 1. The van der Waals surface area contributed by atoms with E-state index in [1.807, 2.05) is 20.0 Å². The summed E-state index contributed by atoms with van der Waals surface area (Å²) in [5.41, 5.74) is 7.69. The van der Waals surface area contributed by atoms with Crippen molar-refractivity contribution in [2.45, 2.75) is 40.2 Å². The Labute approximate surface area is 122 Å². The van der Waals surface area contributed by atoms with Gasteiger partial charge >= 0.3 is 0 Å². The number of rotatable bonds is 4. The number of aryl methyl sites for hydroxylation is 4. The van der Waals surface area contributed by atoms with E-state index in [4.69, 9.17) is 0 Å². The molecule has 0 radical (unpaired) electrons. The number of nitrogens with zero attached hydrogens (tertiary/aromatic N) is 1. The smallest absolute Gasteiger partial charge is 0.0579 e. The van der Waals surface area contributed by atoms with Gasteiger partial charge in [-0.25, -0.2) is 0 Å². The molecule has 0 aliphatic carbocycles. The van der Waals surface area contributed by atoms with Gasteiger partial charge < -0.3 is 5.32 Å². The molecule has 1 N–H and O–H groups in total. The van der Waals surface area contributed by atoms with Crippen molar-refractivity contribution in [3.8, 4) is 0 Å². The lowest BCUT2D eigenvalue weighted by molar-refractivity contribution is 0.572. The average Bonchev–Trinajstić information content (AvgIpc) is 2.38. The van der Waals surface area contributed by atoms with Crippen molar-refractivity contribution in [2.75, 3.05) is 7.05 Å². The Kier molecular flexibility index (Phi) is 4.56. The Balaban J connectivity index is 2.32. The average molecular weight is 268 g/mol. The van der Waals surface area contributed by atoms with Gasteiger partial charge in [-0.1, -0.05) is 23.8 Å². The highest BCUT2D eigenvalue weighted by Gasteiger charge is 2.14. The predicted octanol–water partition coefficient (Wildman–Crippen LogP) is 3.82. The molecular weight excluding hydrogens is 244 g/mol. The van der Waals surface area contributed by atoms with Crippen molar-refractivity contribution in [3.05, 3.63) is 64.0 Å². The molecule has 2 aromatic rings. The molecule has 2 rings (SSSR count).